The molecule has 2 aromatic carbocycles. The van der Waals surface area contributed by atoms with Crippen LogP contribution in [-0.2, 0) is 0 Å². The molecule has 0 aliphatic rings. The van der Waals surface area contributed by atoms with Gasteiger partial charge in [-0.3, -0.25) is 0 Å². The minimum Gasteiger partial charge on any atom is -0.0786 e. The van der Waals surface area contributed by atoms with Crippen molar-refractivity contribution in [3.63, 3.8) is 0 Å². The van der Waals surface area contributed by atoms with E-state index >= 15 is 0 Å². The lowest BCUT2D eigenvalue weighted by Gasteiger charge is -2.15. The van der Waals surface area contributed by atoms with Gasteiger partial charge in [0, 0.05) is 8.04 Å². The Morgan fingerprint density at radius 2 is 1.65 bits per heavy atom. The zero-order valence-corrected chi connectivity index (χ0v) is 16.9. The van der Waals surface area contributed by atoms with Crippen molar-refractivity contribution in [3.05, 3.63) is 67.2 Å². The number of halogens is 3. The first kappa shape index (κ1) is 16.5. The zero-order chi connectivity index (χ0) is 14.7. The van der Waals surface area contributed by atoms with Crippen LogP contribution in [0.4, 0.5) is 0 Å². The Balaban J connectivity index is 2.29. The summed E-state index contributed by atoms with van der Waals surface area (Å²) in [5.41, 5.74) is 3.98. The van der Waals surface area contributed by atoms with E-state index in [0.29, 0.717) is 5.92 Å². The van der Waals surface area contributed by atoms with Crippen molar-refractivity contribution in [2.24, 2.45) is 0 Å². The predicted octanol–water partition coefficient (Wildman–Crippen LogP) is 7.05. The van der Waals surface area contributed by atoms with E-state index in [1.165, 1.54) is 26.7 Å². The van der Waals surface area contributed by atoms with E-state index in [1.54, 1.807) is 0 Å². The molecule has 20 heavy (non-hydrogen) atoms. The molecule has 0 aromatic heterocycles. The molecule has 0 fully saturated rings. The Bertz CT molecular complexity index is 578. The van der Waals surface area contributed by atoms with Crippen LogP contribution in [0.1, 0.15) is 47.7 Å². The maximum atomic E-state index is 3.82. The monoisotopic (exact) mass is 506 g/mol. The molecule has 0 saturated heterocycles. The highest BCUT2D eigenvalue weighted by Gasteiger charge is 2.14. The Hall–Kier alpha value is 0.130. The SMILES string of the molecule is CCC(C)c1ccc(C(Br)c2cc(I)ccc2Br)cc1. The van der Waals surface area contributed by atoms with Crippen LogP contribution in [0.2, 0.25) is 0 Å². The summed E-state index contributed by atoms with van der Waals surface area (Å²) < 4.78 is 2.40. The maximum absolute atomic E-state index is 3.82. The third-order valence-corrected chi connectivity index (χ3v) is 6.06. The number of alkyl halides is 1. The topological polar surface area (TPSA) is 0 Å². The Kier molecular flexibility index (Phi) is 6.11. The quantitative estimate of drug-likeness (QED) is 0.307. The van der Waals surface area contributed by atoms with Gasteiger partial charge in [-0.25, -0.2) is 0 Å². The second kappa shape index (κ2) is 7.41. The summed E-state index contributed by atoms with van der Waals surface area (Å²) in [6.45, 7) is 4.51. The van der Waals surface area contributed by atoms with Crippen LogP contribution < -0.4 is 0 Å². The third kappa shape index (κ3) is 3.86. The molecule has 3 heteroatoms. The molecule has 0 amide bonds. The van der Waals surface area contributed by atoms with Gasteiger partial charge in [-0.15, -0.1) is 0 Å². The minimum atomic E-state index is 0.220. The van der Waals surface area contributed by atoms with Gasteiger partial charge < -0.3 is 0 Å². The highest BCUT2D eigenvalue weighted by atomic mass is 127. The van der Waals surface area contributed by atoms with E-state index < -0.39 is 0 Å². The average Bonchev–Trinajstić information content (AvgIpc) is 2.48. The predicted molar refractivity (Wildman–Crippen MR) is 103 cm³/mol. The molecule has 0 heterocycles. The summed E-state index contributed by atoms with van der Waals surface area (Å²) in [7, 11) is 0. The average molecular weight is 508 g/mol. The van der Waals surface area contributed by atoms with E-state index in [9.17, 15) is 0 Å². The molecule has 0 aliphatic heterocycles. The Morgan fingerprint density at radius 3 is 2.25 bits per heavy atom. The summed E-state index contributed by atoms with van der Waals surface area (Å²) in [6.07, 6.45) is 1.18. The van der Waals surface area contributed by atoms with Crippen molar-refractivity contribution in [1.82, 2.24) is 0 Å². The number of hydrogen-bond acceptors (Lipinski definition) is 0. The second-order valence-corrected chi connectivity index (χ2v) is 8.02. The highest BCUT2D eigenvalue weighted by Crippen LogP contribution is 2.36. The summed E-state index contributed by atoms with van der Waals surface area (Å²) >= 11 is 9.82. The molecule has 0 aliphatic carbocycles. The van der Waals surface area contributed by atoms with Crippen LogP contribution in [0.25, 0.3) is 0 Å². The molecular formula is C17H17Br2I. The molecule has 0 saturated carbocycles. The molecule has 2 unspecified atom stereocenters. The van der Waals surface area contributed by atoms with Gasteiger partial charge >= 0.3 is 0 Å². The maximum Gasteiger partial charge on any atom is 0.0655 e. The van der Waals surface area contributed by atoms with Crippen LogP contribution in [0.5, 0.6) is 0 Å². The van der Waals surface area contributed by atoms with Crippen molar-refractivity contribution in [2.45, 2.75) is 31.0 Å². The fraction of sp³-hybridized carbons (Fsp3) is 0.294. The first-order chi connectivity index (χ1) is 9.52. The Morgan fingerprint density at radius 1 is 1.05 bits per heavy atom. The molecule has 0 bridgehead atoms. The minimum absolute atomic E-state index is 0.220. The van der Waals surface area contributed by atoms with Crippen molar-refractivity contribution >= 4 is 54.5 Å². The molecule has 2 aromatic rings. The normalized spacial score (nSPS) is 14.1. The molecule has 2 rings (SSSR count). The number of benzene rings is 2. The molecule has 2 atom stereocenters. The third-order valence-electron chi connectivity index (χ3n) is 3.64. The lowest BCUT2D eigenvalue weighted by atomic mass is 9.96. The first-order valence-electron chi connectivity index (χ1n) is 6.71. The van der Waals surface area contributed by atoms with Gasteiger partial charge in [0.1, 0.15) is 0 Å². The van der Waals surface area contributed by atoms with Crippen molar-refractivity contribution in [2.75, 3.05) is 0 Å². The highest BCUT2D eigenvalue weighted by molar-refractivity contribution is 14.1. The number of rotatable bonds is 4. The zero-order valence-electron chi connectivity index (χ0n) is 11.5. The van der Waals surface area contributed by atoms with Crippen molar-refractivity contribution < 1.29 is 0 Å². The summed E-state index contributed by atoms with van der Waals surface area (Å²) in [5, 5.41) is 0. The summed E-state index contributed by atoms with van der Waals surface area (Å²) in [4.78, 5) is 0.220. The van der Waals surface area contributed by atoms with Gasteiger partial charge in [0.15, 0.2) is 0 Å². The number of hydrogen-bond donors (Lipinski definition) is 0. The van der Waals surface area contributed by atoms with Gasteiger partial charge in [-0.05, 0) is 69.8 Å². The fourth-order valence-corrected chi connectivity index (χ4v) is 4.10. The Labute approximate surface area is 151 Å². The molecule has 0 nitrogen and oxygen atoms in total. The van der Waals surface area contributed by atoms with Gasteiger partial charge in [-0.2, -0.15) is 0 Å². The van der Waals surface area contributed by atoms with Crippen LogP contribution >= 0.6 is 54.5 Å². The van der Waals surface area contributed by atoms with Crippen LogP contribution in [0.3, 0.4) is 0 Å². The lowest BCUT2D eigenvalue weighted by molar-refractivity contribution is 0.733. The smallest absolute Gasteiger partial charge is 0.0655 e. The molecule has 0 N–H and O–H groups in total. The van der Waals surface area contributed by atoms with Crippen LogP contribution in [0.15, 0.2) is 46.9 Å². The van der Waals surface area contributed by atoms with Gasteiger partial charge in [0.25, 0.3) is 0 Å². The largest absolute Gasteiger partial charge is 0.0786 e. The van der Waals surface area contributed by atoms with Crippen LogP contribution in [-0.4, -0.2) is 0 Å². The van der Waals surface area contributed by atoms with E-state index in [4.69, 9.17) is 0 Å². The lowest BCUT2D eigenvalue weighted by Crippen LogP contribution is -1.97. The standard InChI is InChI=1S/C17H17Br2I/c1-3-11(2)12-4-6-13(7-5-12)17(19)15-10-14(20)8-9-16(15)18/h4-11,17H,3H2,1-2H3. The second-order valence-electron chi connectivity index (χ2n) is 5.00. The van der Waals surface area contributed by atoms with E-state index in [0.717, 1.165) is 4.47 Å². The first-order valence-corrected chi connectivity index (χ1v) is 9.50. The van der Waals surface area contributed by atoms with Crippen LogP contribution in [0, 0.1) is 3.57 Å². The molecular weight excluding hydrogens is 491 g/mol. The van der Waals surface area contributed by atoms with E-state index in [-0.39, 0.29) is 4.83 Å². The van der Waals surface area contributed by atoms with Gasteiger partial charge in [-0.1, -0.05) is 70.0 Å². The molecule has 106 valence electrons. The summed E-state index contributed by atoms with van der Waals surface area (Å²) in [5.74, 6) is 0.627. The fourth-order valence-electron chi connectivity index (χ4n) is 2.12. The summed E-state index contributed by atoms with van der Waals surface area (Å²) in [6, 6.07) is 15.4. The van der Waals surface area contributed by atoms with Crippen molar-refractivity contribution in [3.8, 4) is 0 Å². The molecule has 0 spiro atoms. The van der Waals surface area contributed by atoms with Gasteiger partial charge in [0.05, 0.1) is 4.83 Å². The molecule has 0 radical (unpaired) electrons. The van der Waals surface area contributed by atoms with E-state index in [2.05, 4.69) is 111 Å². The van der Waals surface area contributed by atoms with Crippen molar-refractivity contribution in [1.29, 1.82) is 0 Å². The van der Waals surface area contributed by atoms with Gasteiger partial charge in [0.2, 0.25) is 0 Å². The van der Waals surface area contributed by atoms with E-state index in [1.807, 2.05) is 0 Å².